The summed E-state index contributed by atoms with van der Waals surface area (Å²) in [6, 6.07) is 0. The molecule has 394 valence electrons. The van der Waals surface area contributed by atoms with E-state index >= 15 is 0 Å². The summed E-state index contributed by atoms with van der Waals surface area (Å²) in [5, 5.41) is 0. The van der Waals surface area contributed by atoms with Crippen LogP contribution in [0.5, 0.6) is 0 Å². The first-order valence-corrected chi connectivity index (χ1v) is 28.7. The van der Waals surface area contributed by atoms with Crippen molar-refractivity contribution in [1.29, 1.82) is 0 Å². The standard InChI is InChI=1S/C63H106O6/c1-4-7-10-13-16-19-22-25-28-31-32-33-36-38-41-44-47-50-53-56-62(65)68-59-60(69-63(66)57-54-51-48-45-42-39-35-30-27-24-21-18-15-12-9-6-3)58-67-61(64)55-52-49-46-43-40-37-34-29-26-23-20-17-14-11-8-5-2/h7,10,16,19-21,23-25,28-30,32-35,60H,4-6,8-9,11-15,17-18,22,26-27,31,36-59H2,1-3H3/b10-7-,19-16-,23-20-,24-21-,28-25-,33-32-,34-29-,35-30-. The Morgan fingerprint density at radius 3 is 0.884 bits per heavy atom. The molecule has 0 aromatic heterocycles. The van der Waals surface area contributed by atoms with Gasteiger partial charge in [-0.05, 0) is 122 Å². The Hall–Kier alpha value is -3.67. The minimum Gasteiger partial charge on any atom is -0.462 e. The van der Waals surface area contributed by atoms with E-state index in [9.17, 15) is 14.4 Å². The van der Waals surface area contributed by atoms with Gasteiger partial charge >= 0.3 is 17.9 Å². The van der Waals surface area contributed by atoms with Crippen LogP contribution in [0.1, 0.15) is 265 Å². The van der Waals surface area contributed by atoms with Crippen molar-refractivity contribution in [3.05, 3.63) is 97.2 Å². The predicted molar refractivity (Wildman–Crippen MR) is 297 cm³/mol. The third-order valence-electron chi connectivity index (χ3n) is 12.0. The van der Waals surface area contributed by atoms with E-state index in [0.717, 1.165) is 148 Å². The lowest BCUT2D eigenvalue weighted by Crippen LogP contribution is -2.30. The molecular weight excluding hydrogens is 853 g/mol. The van der Waals surface area contributed by atoms with Gasteiger partial charge in [0.15, 0.2) is 6.10 Å². The highest BCUT2D eigenvalue weighted by Gasteiger charge is 2.19. The second-order valence-corrected chi connectivity index (χ2v) is 18.8. The van der Waals surface area contributed by atoms with Crippen LogP contribution in [0.15, 0.2) is 97.2 Å². The lowest BCUT2D eigenvalue weighted by atomic mass is 10.1. The van der Waals surface area contributed by atoms with Gasteiger partial charge in [-0.15, -0.1) is 0 Å². The first-order valence-electron chi connectivity index (χ1n) is 28.7. The minimum atomic E-state index is -0.798. The number of ether oxygens (including phenoxy) is 3. The number of carbonyl (C=O) groups excluding carboxylic acids is 3. The molecule has 0 heterocycles. The molecule has 0 aliphatic heterocycles. The van der Waals surface area contributed by atoms with Crippen LogP contribution in [-0.2, 0) is 28.6 Å². The van der Waals surface area contributed by atoms with Crippen molar-refractivity contribution in [2.45, 2.75) is 271 Å². The number of allylic oxidation sites excluding steroid dienone is 16. The molecule has 0 amide bonds. The van der Waals surface area contributed by atoms with E-state index in [1.807, 2.05) is 0 Å². The molecule has 6 heteroatoms. The first kappa shape index (κ1) is 65.3. The smallest absolute Gasteiger partial charge is 0.306 e. The van der Waals surface area contributed by atoms with E-state index in [2.05, 4.69) is 118 Å². The summed E-state index contributed by atoms with van der Waals surface area (Å²) < 4.78 is 16.8. The number of esters is 3. The number of unbranched alkanes of at least 4 members (excludes halogenated alkanes) is 24. The second-order valence-electron chi connectivity index (χ2n) is 18.8. The molecule has 1 unspecified atom stereocenters. The van der Waals surface area contributed by atoms with E-state index in [-0.39, 0.29) is 31.1 Å². The Kier molecular flexibility index (Phi) is 53.9. The molecule has 0 N–H and O–H groups in total. The van der Waals surface area contributed by atoms with Crippen molar-refractivity contribution >= 4 is 17.9 Å². The number of rotatable bonds is 51. The second kappa shape index (κ2) is 56.9. The first-order chi connectivity index (χ1) is 34.0. The molecule has 0 aliphatic carbocycles. The highest BCUT2D eigenvalue weighted by atomic mass is 16.6. The van der Waals surface area contributed by atoms with Crippen LogP contribution in [0.2, 0.25) is 0 Å². The van der Waals surface area contributed by atoms with Crippen LogP contribution in [0, 0.1) is 0 Å². The number of hydrogen-bond donors (Lipinski definition) is 0. The molecule has 0 fully saturated rings. The summed E-state index contributed by atoms with van der Waals surface area (Å²) in [5.74, 6) is -0.933. The van der Waals surface area contributed by atoms with Gasteiger partial charge in [0.25, 0.3) is 0 Å². The van der Waals surface area contributed by atoms with Crippen LogP contribution in [0.25, 0.3) is 0 Å². The molecule has 0 radical (unpaired) electrons. The molecule has 0 aromatic rings. The van der Waals surface area contributed by atoms with Crippen molar-refractivity contribution in [2.75, 3.05) is 13.2 Å². The molecule has 0 spiro atoms. The van der Waals surface area contributed by atoms with Crippen LogP contribution in [0.3, 0.4) is 0 Å². The maximum Gasteiger partial charge on any atom is 0.306 e. The molecule has 0 aromatic carbocycles. The van der Waals surface area contributed by atoms with Crippen LogP contribution >= 0.6 is 0 Å². The minimum absolute atomic E-state index is 0.0958. The Balaban J connectivity index is 4.46. The Bertz CT molecular complexity index is 1380. The van der Waals surface area contributed by atoms with Crippen LogP contribution in [-0.4, -0.2) is 37.2 Å². The molecule has 0 saturated carbocycles. The third-order valence-corrected chi connectivity index (χ3v) is 12.0. The molecule has 0 saturated heterocycles. The van der Waals surface area contributed by atoms with E-state index in [1.165, 1.54) is 77.0 Å². The lowest BCUT2D eigenvalue weighted by molar-refractivity contribution is -0.167. The maximum absolute atomic E-state index is 12.9. The SMILES string of the molecule is CC/C=C\C/C=C\C/C=C\C/C=C\CCCCCCCCC(=O)OCC(COC(=O)CCCCCCC/C=C\C/C=C\CCCCCC)OC(=O)CCCCCCC/C=C\C/C=C\CCCCCC. The predicted octanol–water partition coefficient (Wildman–Crippen LogP) is 19.3. The monoisotopic (exact) mass is 959 g/mol. The van der Waals surface area contributed by atoms with Gasteiger partial charge in [-0.3, -0.25) is 14.4 Å². The topological polar surface area (TPSA) is 78.9 Å². The molecule has 1 atom stereocenters. The summed E-state index contributed by atoms with van der Waals surface area (Å²) in [7, 11) is 0. The van der Waals surface area contributed by atoms with Gasteiger partial charge in [0.05, 0.1) is 0 Å². The fourth-order valence-corrected chi connectivity index (χ4v) is 7.73. The summed E-state index contributed by atoms with van der Waals surface area (Å²) >= 11 is 0. The Morgan fingerprint density at radius 1 is 0.304 bits per heavy atom. The largest absolute Gasteiger partial charge is 0.462 e. The molecule has 0 bridgehead atoms. The van der Waals surface area contributed by atoms with Gasteiger partial charge in [0.2, 0.25) is 0 Å². The van der Waals surface area contributed by atoms with E-state index < -0.39 is 6.10 Å². The van der Waals surface area contributed by atoms with Gasteiger partial charge in [0, 0.05) is 19.3 Å². The van der Waals surface area contributed by atoms with Crippen LogP contribution < -0.4 is 0 Å². The van der Waals surface area contributed by atoms with Crippen molar-refractivity contribution in [1.82, 2.24) is 0 Å². The zero-order chi connectivity index (χ0) is 50.0. The van der Waals surface area contributed by atoms with Crippen molar-refractivity contribution in [2.24, 2.45) is 0 Å². The zero-order valence-corrected chi connectivity index (χ0v) is 45.0. The molecule has 69 heavy (non-hydrogen) atoms. The molecule has 0 rings (SSSR count). The van der Waals surface area contributed by atoms with Gasteiger partial charge in [-0.2, -0.15) is 0 Å². The van der Waals surface area contributed by atoms with Crippen molar-refractivity contribution < 1.29 is 28.6 Å². The van der Waals surface area contributed by atoms with Crippen LogP contribution in [0.4, 0.5) is 0 Å². The van der Waals surface area contributed by atoms with Crippen molar-refractivity contribution in [3.63, 3.8) is 0 Å². The molecule has 6 nitrogen and oxygen atoms in total. The Labute approximate surface area is 426 Å². The van der Waals surface area contributed by atoms with E-state index in [1.54, 1.807) is 0 Å². The molecule has 0 aliphatic rings. The van der Waals surface area contributed by atoms with Crippen molar-refractivity contribution in [3.8, 4) is 0 Å². The summed E-state index contributed by atoms with van der Waals surface area (Å²) in [5.41, 5.74) is 0. The highest BCUT2D eigenvalue weighted by Crippen LogP contribution is 2.14. The third kappa shape index (κ3) is 55.1. The summed E-state index contributed by atoms with van der Waals surface area (Å²) in [6.07, 6.45) is 75.3. The average molecular weight is 960 g/mol. The number of carbonyl (C=O) groups is 3. The van der Waals surface area contributed by atoms with Gasteiger partial charge in [-0.1, -0.05) is 221 Å². The average Bonchev–Trinajstić information content (AvgIpc) is 3.35. The zero-order valence-electron chi connectivity index (χ0n) is 45.0. The van der Waals surface area contributed by atoms with E-state index in [4.69, 9.17) is 14.2 Å². The maximum atomic E-state index is 12.9. The normalized spacial score (nSPS) is 12.8. The summed E-state index contributed by atoms with van der Waals surface area (Å²) in [6.45, 7) is 6.46. The highest BCUT2D eigenvalue weighted by molar-refractivity contribution is 5.71. The molecular formula is C63H106O6. The quantitative estimate of drug-likeness (QED) is 0.0262. The number of hydrogen-bond acceptors (Lipinski definition) is 6. The van der Waals surface area contributed by atoms with E-state index in [0.29, 0.717) is 19.3 Å². The summed E-state index contributed by atoms with van der Waals surface area (Å²) in [4.78, 5) is 38.2. The Morgan fingerprint density at radius 2 is 0.565 bits per heavy atom. The fraction of sp³-hybridized carbons (Fsp3) is 0.698. The fourth-order valence-electron chi connectivity index (χ4n) is 7.73. The van der Waals surface area contributed by atoms with Gasteiger partial charge in [0.1, 0.15) is 13.2 Å². The van der Waals surface area contributed by atoms with Gasteiger partial charge < -0.3 is 14.2 Å². The lowest BCUT2D eigenvalue weighted by Gasteiger charge is -2.18. The van der Waals surface area contributed by atoms with Gasteiger partial charge in [-0.25, -0.2) is 0 Å².